The number of fused-ring (bicyclic) bond motifs is 1. The van der Waals surface area contributed by atoms with Crippen LogP contribution < -0.4 is 0 Å². The van der Waals surface area contributed by atoms with Gasteiger partial charge in [0.1, 0.15) is 5.60 Å². The minimum Gasteiger partial charge on any atom is -0.385 e. The summed E-state index contributed by atoms with van der Waals surface area (Å²) < 4.78 is 32.9. The third-order valence-corrected chi connectivity index (χ3v) is 5.98. The Morgan fingerprint density at radius 3 is 2.57 bits per heavy atom. The lowest BCUT2D eigenvalue weighted by molar-refractivity contribution is -0.104. The maximum Gasteiger partial charge on any atom is 0.282 e. The van der Waals surface area contributed by atoms with Crippen molar-refractivity contribution in [3.05, 3.63) is 35.4 Å². The Kier molecular flexibility index (Phi) is 3.79. The molecule has 2 aliphatic heterocycles. The van der Waals surface area contributed by atoms with Gasteiger partial charge in [-0.15, -0.1) is 0 Å². The van der Waals surface area contributed by atoms with E-state index in [1.165, 1.54) is 21.3 Å². The molecule has 1 aromatic rings. The maximum atomic E-state index is 12.6. The van der Waals surface area contributed by atoms with E-state index in [9.17, 15) is 13.5 Å². The van der Waals surface area contributed by atoms with E-state index in [0.717, 1.165) is 12.0 Å². The van der Waals surface area contributed by atoms with Gasteiger partial charge in [-0.2, -0.15) is 17.0 Å². The first-order valence-electron chi connectivity index (χ1n) is 6.98. The van der Waals surface area contributed by atoms with Crippen molar-refractivity contribution in [2.24, 2.45) is 0 Å². The Labute approximate surface area is 125 Å². The fraction of sp³-hybridized carbons (Fsp3) is 0.571. The number of aliphatic hydroxyl groups is 1. The minimum atomic E-state index is -3.51. The van der Waals surface area contributed by atoms with Crippen molar-refractivity contribution in [3.8, 4) is 0 Å². The largest absolute Gasteiger partial charge is 0.385 e. The minimum absolute atomic E-state index is 0.0985. The van der Waals surface area contributed by atoms with Crippen LogP contribution >= 0.6 is 0 Å². The molecule has 0 aliphatic carbocycles. The first-order chi connectivity index (χ1) is 9.94. The zero-order valence-corrected chi connectivity index (χ0v) is 12.8. The summed E-state index contributed by atoms with van der Waals surface area (Å²) in [5.74, 6) is 0. The van der Waals surface area contributed by atoms with Crippen molar-refractivity contribution in [2.75, 3.05) is 33.4 Å². The second kappa shape index (κ2) is 5.33. The summed E-state index contributed by atoms with van der Waals surface area (Å²) in [5.41, 5.74) is 1.22. The molecule has 2 heterocycles. The summed E-state index contributed by atoms with van der Waals surface area (Å²) in [6, 6.07) is 7.91. The molecule has 7 heteroatoms. The molecule has 0 radical (unpaired) electrons. The SMILES string of the molecule is COCC1(O)CN(S(=O)(=O)N2CCc3ccccc3C2)C1. The lowest BCUT2D eigenvalue weighted by Crippen LogP contribution is -2.67. The van der Waals surface area contributed by atoms with Gasteiger partial charge in [-0.25, -0.2) is 0 Å². The van der Waals surface area contributed by atoms with Crippen LogP contribution in [0, 0.1) is 0 Å². The van der Waals surface area contributed by atoms with Gasteiger partial charge >= 0.3 is 0 Å². The normalized spacial score (nSPS) is 22.6. The molecule has 116 valence electrons. The summed E-state index contributed by atoms with van der Waals surface area (Å²) in [7, 11) is -2.01. The fourth-order valence-electron chi connectivity index (χ4n) is 2.96. The Morgan fingerprint density at radius 1 is 1.24 bits per heavy atom. The number of rotatable bonds is 4. The molecular weight excluding hydrogens is 292 g/mol. The van der Waals surface area contributed by atoms with E-state index in [4.69, 9.17) is 4.74 Å². The maximum absolute atomic E-state index is 12.6. The van der Waals surface area contributed by atoms with Gasteiger partial charge in [0, 0.05) is 33.3 Å². The van der Waals surface area contributed by atoms with Gasteiger partial charge in [-0.05, 0) is 17.5 Å². The summed E-state index contributed by atoms with van der Waals surface area (Å²) in [6.07, 6.45) is 0.728. The first-order valence-corrected chi connectivity index (χ1v) is 8.38. The summed E-state index contributed by atoms with van der Waals surface area (Å²) in [6.45, 7) is 1.24. The van der Waals surface area contributed by atoms with Gasteiger partial charge in [-0.3, -0.25) is 0 Å². The van der Waals surface area contributed by atoms with Crippen LogP contribution in [-0.4, -0.2) is 61.1 Å². The van der Waals surface area contributed by atoms with Gasteiger partial charge in [0.05, 0.1) is 6.61 Å². The highest BCUT2D eigenvalue weighted by atomic mass is 32.2. The lowest BCUT2D eigenvalue weighted by atomic mass is 9.99. The Bertz CT molecular complexity index is 626. The highest BCUT2D eigenvalue weighted by Gasteiger charge is 2.49. The molecule has 0 spiro atoms. The van der Waals surface area contributed by atoms with E-state index in [1.54, 1.807) is 0 Å². The van der Waals surface area contributed by atoms with Crippen LogP contribution in [0.3, 0.4) is 0 Å². The Hall–Kier alpha value is -0.990. The number of hydrogen-bond acceptors (Lipinski definition) is 4. The Balaban J connectivity index is 1.71. The van der Waals surface area contributed by atoms with Crippen LogP contribution in [0.4, 0.5) is 0 Å². The summed E-state index contributed by atoms with van der Waals surface area (Å²) >= 11 is 0. The van der Waals surface area contributed by atoms with E-state index in [1.807, 2.05) is 24.3 Å². The predicted octanol–water partition coefficient (Wildman–Crippen LogP) is -0.0174. The molecule has 0 aromatic heterocycles. The number of nitrogens with zero attached hydrogens (tertiary/aromatic N) is 2. The summed E-state index contributed by atoms with van der Waals surface area (Å²) in [5, 5.41) is 10.1. The van der Waals surface area contributed by atoms with Crippen molar-refractivity contribution in [2.45, 2.75) is 18.6 Å². The van der Waals surface area contributed by atoms with Gasteiger partial charge in [0.2, 0.25) is 0 Å². The van der Waals surface area contributed by atoms with E-state index in [0.29, 0.717) is 13.1 Å². The molecule has 0 bridgehead atoms. The van der Waals surface area contributed by atoms with E-state index < -0.39 is 15.8 Å². The van der Waals surface area contributed by atoms with Crippen LogP contribution in [0.15, 0.2) is 24.3 Å². The molecule has 1 N–H and O–H groups in total. The third kappa shape index (κ3) is 2.72. The molecule has 1 aromatic carbocycles. The van der Waals surface area contributed by atoms with E-state index in [2.05, 4.69) is 0 Å². The van der Waals surface area contributed by atoms with Crippen LogP contribution in [0.5, 0.6) is 0 Å². The molecule has 3 rings (SSSR count). The number of benzene rings is 1. The highest BCUT2D eigenvalue weighted by molar-refractivity contribution is 7.86. The van der Waals surface area contributed by atoms with Gasteiger partial charge in [-0.1, -0.05) is 24.3 Å². The summed E-state index contributed by atoms with van der Waals surface area (Å²) in [4.78, 5) is 0. The third-order valence-electron chi connectivity index (χ3n) is 4.10. The van der Waals surface area contributed by atoms with Crippen LogP contribution in [0.25, 0.3) is 0 Å². The first kappa shape index (κ1) is 14.9. The zero-order chi connectivity index (χ0) is 15.1. The van der Waals surface area contributed by atoms with Crippen LogP contribution in [0.2, 0.25) is 0 Å². The standard InChI is InChI=1S/C14H20N2O4S/c1-20-11-14(17)9-16(10-14)21(18,19)15-7-6-12-4-2-3-5-13(12)8-15/h2-5,17H,6-11H2,1H3. The molecule has 0 saturated carbocycles. The van der Waals surface area contributed by atoms with Crippen LogP contribution in [0.1, 0.15) is 11.1 Å². The van der Waals surface area contributed by atoms with Crippen molar-refractivity contribution in [1.82, 2.24) is 8.61 Å². The second-order valence-corrected chi connectivity index (χ2v) is 7.71. The van der Waals surface area contributed by atoms with Crippen molar-refractivity contribution in [3.63, 3.8) is 0 Å². The van der Waals surface area contributed by atoms with E-state index in [-0.39, 0.29) is 19.7 Å². The molecule has 0 atom stereocenters. The smallest absolute Gasteiger partial charge is 0.282 e. The van der Waals surface area contributed by atoms with Crippen molar-refractivity contribution < 1.29 is 18.3 Å². The number of β-amino-alcohol motifs (C(OH)–C–C–N with tert-alkyl or cyclic N) is 1. The molecule has 1 saturated heterocycles. The van der Waals surface area contributed by atoms with Crippen molar-refractivity contribution >= 4 is 10.2 Å². The Morgan fingerprint density at radius 2 is 1.90 bits per heavy atom. The van der Waals surface area contributed by atoms with E-state index >= 15 is 0 Å². The molecular formula is C14H20N2O4S. The highest BCUT2D eigenvalue weighted by Crippen LogP contribution is 2.29. The molecule has 0 amide bonds. The monoisotopic (exact) mass is 312 g/mol. The molecule has 21 heavy (non-hydrogen) atoms. The van der Waals surface area contributed by atoms with Crippen LogP contribution in [-0.2, 0) is 27.9 Å². The average molecular weight is 312 g/mol. The second-order valence-electron chi connectivity index (χ2n) is 5.79. The number of hydrogen-bond donors (Lipinski definition) is 1. The quantitative estimate of drug-likeness (QED) is 0.848. The van der Waals surface area contributed by atoms with Gasteiger partial charge in [0.25, 0.3) is 10.2 Å². The molecule has 2 aliphatic rings. The average Bonchev–Trinajstić information content (AvgIpc) is 2.44. The molecule has 1 fully saturated rings. The van der Waals surface area contributed by atoms with Crippen molar-refractivity contribution in [1.29, 1.82) is 0 Å². The van der Waals surface area contributed by atoms with Gasteiger partial charge in [0.15, 0.2) is 0 Å². The number of methoxy groups -OCH3 is 1. The predicted molar refractivity (Wildman–Crippen MR) is 77.9 cm³/mol. The fourth-order valence-corrected chi connectivity index (χ4v) is 4.72. The molecule has 0 unspecified atom stereocenters. The number of ether oxygens (including phenoxy) is 1. The lowest BCUT2D eigenvalue weighted by Gasteiger charge is -2.46. The van der Waals surface area contributed by atoms with Gasteiger partial charge < -0.3 is 9.84 Å². The topological polar surface area (TPSA) is 70.1 Å². The molecule has 6 nitrogen and oxygen atoms in total. The zero-order valence-electron chi connectivity index (χ0n) is 12.0.